The summed E-state index contributed by atoms with van der Waals surface area (Å²) in [4.78, 5) is 23.1. The molecule has 0 radical (unpaired) electrons. The van der Waals surface area contributed by atoms with Gasteiger partial charge in [-0.1, -0.05) is 202 Å². The summed E-state index contributed by atoms with van der Waals surface area (Å²) in [7, 11) is 1.51. The number of aliphatic hydroxyl groups is 1. The second-order valence-electron chi connectivity index (χ2n) is 16.8. The van der Waals surface area contributed by atoms with Gasteiger partial charge in [0.2, 0.25) is 5.91 Å². The first-order valence-corrected chi connectivity index (χ1v) is 24.8. The lowest BCUT2D eigenvalue weighted by molar-refractivity contribution is -0.870. The van der Waals surface area contributed by atoms with Gasteiger partial charge in [0, 0.05) is 6.42 Å². The summed E-state index contributed by atoms with van der Waals surface area (Å²) in [5, 5.41) is 13.8. The average Bonchev–Trinajstić information content (AvgIpc) is 3.17. The van der Waals surface area contributed by atoms with Crippen LogP contribution in [0, 0.1) is 0 Å². The molecule has 8 nitrogen and oxygen atoms in total. The first-order chi connectivity index (χ1) is 28.0. The van der Waals surface area contributed by atoms with Crippen molar-refractivity contribution in [2.75, 3.05) is 40.9 Å². The number of nitrogens with zero attached hydrogens (tertiary/aromatic N) is 1. The molecule has 0 fully saturated rings. The number of likely N-dealkylation sites (N-methyl/N-ethyl adjacent to an activating group) is 1. The number of nitrogens with one attached hydrogen (secondary N) is 1. The maximum Gasteiger partial charge on any atom is 0.472 e. The van der Waals surface area contributed by atoms with E-state index in [1.54, 1.807) is 12.2 Å². The highest BCUT2D eigenvalue weighted by Crippen LogP contribution is 2.43. The number of phosphoric acid groups is 1. The Balaban J connectivity index is 4.48. The highest BCUT2D eigenvalue weighted by atomic mass is 31.2. The Kier molecular flexibility index (Phi) is 38.9. The standard InChI is InChI=1S/C49H89N2O6P/c1-6-8-10-12-14-16-18-20-22-23-24-25-26-27-29-30-32-34-36-38-40-42-48(52)47(46-57-58(54,55)56-45-44-51(3,4)5)50-49(53)43-41-39-37-35-33-31-28-21-19-17-15-13-11-9-7-2/h9,11,15,17,21,28,33,35,39-42,47-48,52H,6-8,10,12-14,16,18-20,22-27,29-32,34,36-38,43-46H2,1-5H3,(H-,50,53,54,55)/p+1/b11-9-,17-15-,28-21-,35-33-,41-39-,42-40+. The summed E-state index contributed by atoms with van der Waals surface area (Å²) in [6.45, 7) is 4.62. The van der Waals surface area contributed by atoms with Crippen molar-refractivity contribution in [3.8, 4) is 0 Å². The van der Waals surface area contributed by atoms with Crippen LogP contribution in [0.15, 0.2) is 72.9 Å². The first kappa shape index (κ1) is 55.9. The molecular formula is C49H90N2O6P+. The Bertz CT molecular complexity index is 1170. The van der Waals surface area contributed by atoms with E-state index in [4.69, 9.17) is 9.05 Å². The van der Waals surface area contributed by atoms with Crippen LogP contribution in [0.5, 0.6) is 0 Å². The molecule has 3 N–H and O–H groups in total. The lowest BCUT2D eigenvalue weighted by Gasteiger charge is -2.25. The van der Waals surface area contributed by atoms with Crippen LogP contribution in [-0.4, -0.2) is 73.4 Å². The highest BCUT2D eigenvalue weighted by molar-refractivity contribution is 7.47. The van der Waals surface area contributed by atoms with Gasteiger partial charge in [-0.15, -0.1) is 0 Å². The van der Waals surface area contributed by atoms with Crippen molar-refractivity contribution in [1.82, 2.24) is 5.32 Å². The van der Waals surface area contributed by atoms with Gasteiger partial charge >= 0.3 is 7.82 Å². The van der Waals surface area contributed by atoms with Gasteiger partial charge in [-0.3, -0.25) is 13.8 Å². The molecule has 1 amide bonds. The molecule has 0 saturated heterocycles. The van der Waals surface area contributed by atoms with E-state index in [-0.39, 0.29) is 25.5 Å². The maximum atomic E-state index is 12.8. The van der Waals surface area contributed by atoms with Crippen molar-refractivity contribution in [2.45, 2.75) is 193 Å². The summed E-state index contributed by atoms with van der Waals surface area (Å²) >= 11 is 0. The molecule has 58 heavy (non-hydrogen) atoms. The zero-order chi connectivity index (χ0) is 42.8. The van der Waals surface area contributed by atoms with Gasteiger partial charge in [-0.05, 0) is 44.9 Å². The molecule has 0 bridgehead atoms. The van der Waals surface area contributed by atoms with Gasteiger partial charge in [0.25, 0.3) is 0 Å². The summed E-state index contributed by atoms with van der Waals surface area (Å²) in [5.41, 5.74) is 0. The van der Waals surface area contributed by atoms with Gasteiger partial charge in [-0.25, -0.2) is 4.57 Å². The third-order valence-electron chi connectivity index (χ3n) is 9.96. The molecule has 0 aromatic carbocycles. The zero-order valence-corrected chi connectivity index (χ0v) is 38.9. The van der Waals surface area contributed by atoms with Crippen LogP contribution < -0.4 is 5.32 Å². The number of carbonyl (C=O) groups excluding carboxylic acids is 1. The normalized spacial score (nSPS) is 14.9. The van der Waals surface area contributed by atoms with E-state index in [2.05, 4.69) is 67.8 Å². The van der Waals surface area contributed by atoms with Crippen LogP contribution >= 0.6 is 7.82 Å². The lowest BCUT2D eigenvalue weighted by Crippen LogP contribution is -2.45. The minimum absolute atomic E-state index is 0.0419. The fourth-order valence-corrected chi connectivity index (χ4v) is 7.02. The predicted octanol–water partition coefficient (Wildman–Crippen LogP) is 13.2. The number of quaternary nitrogens is 1. The summed E-state index contributed by atoms with van der Waals surface area (Å²) in [6, 6.07) is -0.904. The van der Waals surface area contributed by atoms with E-state index in [0.29, 0.717) is 17.4 Å². The first-order valence-electron chi connectivity index (χ1n) is 23.3. The molecule has 0 heterocycles. The second-order valence-corrected chi connectivity index (χ2v) is 18.2. The molecular weight excluding hydrogens is 744 g/mol. The zero-order valence-electron chi connectivity index (χ0n) is 38.0. The van der Waals surface area contributed by atoms with Crippen LogP contribution in [0.2, 0.25) is 0 Å². The van der Waals surface area contributed by atoms with Crippen molar-refractivity contribution >= 4 is 13.7 Å². The van der Waals surface area contributed by atoms with Crippen molar-refractivity contribution in [3.63, 3.8) is 0 Å². The smallest absolute Gasteiger partial charge is 0.387 e. The fourth-order valence-electron chi connectivity index (χ4n) is 6.28. The van der Waals surface area contributed by atoms with E-state index < -0.39 is 20.0 Å². The molecule has 3 atom stereocenters. The van der Waals surface area contributed by atoms with Gasteiger partial charge in [0.05, 0.1) is 39.9 Å². The number of rotatable bonds is 41. The number of hydrogen-bond donors (Lipinski definition) is 3. The SMILES string of the molecule is CC/C=C\C/C=C\C/C=C\C/C=C\C/C=C\CC(=O)NC(COP(=O)(O)OCC[N+](C)(C)C)C(O)/C=C/CCCCCCCCCCCCCCCCCCCCC. The van der Waals surface area contributed by atoms with Gasteiger partial charge in [0.1, 0.15) is 13.2 Å². The Morgan fingerprint density at radius 3 is 1.45 bits per heavy atom. The molecule has 0 aliphatic carbocycles. The van der Waals surface area contributed by atoms with Gasteiger partial charge in [0.15, 0.2) is 0 Å². The summed E-state index contributed by atoms with van der Waals surface area (Å²) in [6.07, 6.45) is 54.4. The lowest BCUT2D eigenvalue weighted by atomic mass is 10.0. The van der Waals surface area contributed by atoms with Crippen molar-refractivity contribution < 1.29 is 32.9 Å². The van der Waals surface area contributed by atoms with E-state index in [0.717, 1.165) is 44.9 Å². The number of allylic oxidation sites excluding steroid dienone is 10. The number of carbonyl (C=O) groups is 1. The molecule has 0 rings (SSSR count). The number of unbranched alkanes of at least 4 members (excludes halogenated alkanes) is 19. The van der Waals surface area contributed by atoms with Crippen molar-refractivity contribution in [2.24, 2.45) is 0 Å². The van der Waals surface area contributed by atoms with E-state index >= 15 is 0 Å². The van der Waals surface area contributed by atoms with E-state index in [1.807, 2.05) is 33.3 Å². The largest absolute Gasteiger partial charge is 0.472 e. The summed E-state index contributed by atoms with van der Waals surface area (Å²) in [5.74, 6) is -0.306. The Labute approximate surface area is 357 Å². The van der Waals surface area contributed by atoms with Crippen LogP contribution in [0.25, 0.3) is 0 Å². The summed E-state index contributed by atoms with van der Waals surface area (Å²) < 4.78 is 23.5. The minimum atomic E-state index is -4.37. The second kappa shape index (κ2) is 40.4. The molecule has 0 aliphatic heterocycles. The minimum Gasteiger partial charge on any atom is -0.387 e. The maximum absolute atomic E-state index is 12.8. The highest BCUT2D eigenvalue weighted by Gasteiger charge is 2.27. The molecule has 3 unspecified atom stereocenters. The number of amides is 1. The third-order valence-corrected chi connectivity index (χ3v) is 10.9. The topological polar surface area (TPSA) is 105 Å². The average molecular weight is 834 g/mol. The molecule has 0 spiro atoms. The molecule has 0 aliphatic rings. The predicted molar refractivity (Wildman–Crippen MR) is 249 cm³/mol. The molecule has 0 aromatic heterocycles. The molecule has 336 valence electrons. The fraction of sp³-hybridized carbons (Fsp3) is 0.735. The number of hydrogen-bond acceptors (Lipinski definition) is 5. The molecule has 0 aromatic rings. The number of aliphatic hydroxyl groups excluding tert-OH is 1. The Hall–Kier alpha value is -2.06. The van der Waals surface area contributed by atoms with Crippen molar-refractivity contribution in [3.05, 3.63) is 72.9 Å². The third kappa shape index (κ3) is 42.1. The van der Waals surface area contributed by atoms with E-state index in [9.17, 15) is 19.4 Å². The van der Waals surface area contributed by atoms with Crippen molar-refractivity contribution in [1.29, 1.82) is 0 Å². The van der Waals surface area contributed by atoms with Gasteiger partial charge < -0.3 is 19.8 Å². The molecule has 9 heteroatoms. The Morgan fingerprint density at radius 1 is 0.603 bits per heavy atom. The monoisotopic (exact) mass is 834 g/mol. The Morgan fingerprint density at radius 2 is 1.02 bits per heavy atom. The quantitative estimate of drug-likeness (QED) is 0.0245. The van der Waals surface area contributed by atoms with Crippen LogP contribution in [0.3, 0.4) is 0 Å². The molecule has 0 saturated carbocycles. The van der Waals surface area contributed by atoms with Crippen LogP contribution in [-0.2, 0) is 18.4 Å². The van der Waals surface area contributed by atoms with Crippen LogP contribution in [0.4, 0.5) is 0 Å². The van der Waals surface area contributed by atoms with E-state index in [1.165, 1.54) is 109 Å². The van der Waals surface area contributed by atoms with Crippen LogP contribution in [0.1, 0.15) is 181 Å². The van der Waals surface area contributed by atoms with Gasteiger partial charge in [-0.2, -0.15) is 0 Å². The number of phosphoric ester groups is 1.